The second kappa shape index (κ2) is 7.84. The summed E-state index contributed by atoms with van der Waals surface area (Å²) in [7, 11) is 1.39. The predicted octanol–water partition coefficient (Wildman–Crippen LogP) is 3.66. The number of carbonyl (C=O) groups is 1. The highest BCUT2D eigenvalue weighted by Gasteiger charge is 2.14. The third kappa shape index (κ3) is 4.14. The van der Waals surface area contributed by atoms with Crippen molar-refractivity contribution in [3.8, 4) is 5.75 Å². The molecule has 1 N–H and O–H groups in total. The Kier molecular flexibility index (Phi) is 5.51. The minimum atomic E-state index is -0.551. The van der Waals surface area contributed by atoms with E-state index in [9.17, 15) is 14.0 Å². The number of rotatable bonds is 6. The first-order valence-electron chi connectivity index (χ1n) is 8.30. The summed E-state index contributed by atoms with van der Waals surface area (Å²) < 4.78 is 25.2. The molecule has 1 atom stereocenters. The van der Waals surface area contributed by atoms with E-state index in [0.29, 0.717) is 21.7 Å². The van der Waals surface area contributed by atoms with Crippen LogP contribution in [0.2, 0.25) is 5.02 Å². The summed E-state index contributed by atoms with van der Waals surface area (Å²) in [5.41, 5.74) is 1.56. The molecule has 1 amide bonds. The lowest BCUT2D eigenvalue weighted by Crippen LogP contribution is -2.28. The van der Waals surface area contributed by atoms with Gasteiger partial charge in [-0.25, -0.2) is 9.18 Å². The Balaban J connectivity index is 1.65. The van der Waals surface area contributed by atoms with Crippen LogP contribution < -0.4 is 15.8 Å². The number of methoxy groups -OCH3 is 1. The van der Waals surface area contributed by atoms with Gasteiger partial charge in [-0.15, -0.1) is 0 Å². The average molecular weight is 393 g/mol. The maximum absolute atomic E-state index is 13.8. The quantitative estimate of drug-likeness (QED) is 0.694. The van der Waals surface area contributed by atoms with Gasteiger partial charge in [-0.3, -0.25) is 9.36 Å². The Bertz CT molecular complexity index is 1040. The van der Waals surface area contributed by atoms with Crippen LogP contribution in [0.25, 0.3) is 11.1 Å². The second-order valence-electron chi connectivity index (χ2n) is 6.06. The molecule has 0 saturated heterocycles. The maximum atomic E-state index is 13.8. The summed E-state index contributed by atoms with van der Waals surface area (Å²) in [5, 5.41) is 3.25. The number of oxazole rings is 1. The van der Waals surface area contributed by atoms with Crippen LogP contribution in [-0.2, 0) is 11.3 Å². The van der Waals surface area contributed by atoms with Gasteiger partial charge in [-0.05, 0) is 36.8 Å². The first-order chi connectivity index (χ1) is 12.9. The molecule has 0 bridgehead atoms. The van der Waals surface area contributed by atoms with E-state index in [1.807, 2.05) is 0 Å². The topological polar surface area (TPSA) is 73.5 Å². The molecule has 27 heavy (non-hydrogen) atoms. The van der Waals surface area contributed by atoms with Crippen LogP contribution in [0.5, 0.6) is 5.75 Å². The molecule has 0 saturated carbocycles. The zero-order chi connectivity index (χ0) is 19.6. The molecule has 3 rings (SSSR count). The number of aryl methyl sites for hydroxylation is 1. The molecule has 0 fully saturated rings. The molecule has 0 aliphatic carbocycles. The fraction of sp³-hybridized carbons (Fsp3) is 0.263. The smallest absolute Gasteiger partial charge is 0.419 e. The number of hydrogen-bond donors (Lipinski definition) is 1. The minimum Gasteiger partial charge on any atom is -0.494 e. The summed E-state index contributed by atoms with van der Waals surface area (Å²) in [4.78, 5) is 24.2. The highest BCUT2D eigenvalue weighted by atomic mass is 35.5. The Morgan fingerprint density at radius 2 is 2.11 bits per heavy atom. The monoisotopic (exact) mass is 392 g/mol. The van der Waals surface area contributed by atoms with Gasteiger partial charge in [0.15, 0.2) is 17.1 Å². The van der Waals surface area contributed by atoms with Gasteiger partial charge < -0.3 is 14.5 Å². The van der Waals surface area contributed by atoms with Gasteiger partial charge in [-0.2, -0.15) is 0 Å². The highest BCUT2D eigenvalue weighted by molar-refractivity contribution is 6.31. The van der Waals surface area contributed by atoms with Gasteiger partial charge in [-0.1, -0.05) is 17.7 Å². The van der Waals surface area contributed by atoms with Crippen molar-refractivity contribution in [1.82, 2.24) is 9.88 Å². The number of nitrogens with one attached hydrogen (secondary N) is 1. The lowest BCUT2D eigenvalue weighted by molar-refractivity contribution is -0.121. The van der Waals surface area contributed by atoms with Gasteiger partial charge in [0.25, 0.3) is 0 Å². The Hall–Kier alpha value is -2.80. The highest BCUT2D eigenvalue weighted by Crippen LogP contribution is 2.22. The van der Waals surface area contributed by atoms with Crippen molar-refractivity contribution in [1.29, 1.82) is 0 Å². The van der Waals surface area contributed by atoms with Crippen LogP contribution in [0, 0.1) is 5.82 Å². The largest absolute Gasteiger partial charge is 0.494 e. The van der Waals surface area contributed by atoms with E-state index in [1.165, 1.54) is 23.8 Å². The van der Waals surface area contributed by atoms with Crippen LogP contribution in [0.4, 0.5) is 4.39 Å². The van der Waals surface area contributed by atoms with E-state index in [-0.39, 0.29) is 24.6 Å². The third-order valence-electron chi connectivity index (χ3n) is 4.25. The standard InChI is InChI=1S/C19H18ClFN2O4/c1-11(12-3-6-16(26-2)14(21)9-12)22-18(24)7-8-23-15-5-4-13(20)10-17(15)27-19(23)25/h3-6,9-11H,7-8H2,1-2H3,(H,22,24)/t11-/m0/s1. The van der Waals surface area contributed by atoms with Crippen LogP contribution in [-0.4, -0.2) is 17.6 Å². The Morgan fingerprint density at radius 3 is 2.81 bits per heavy atom. The van der Waals surface area contributed by atoms with E-state index in [4.69, 9.17) is 20.8 Å². The van der Waals surface area contributed by atoms with E-state index in [2.05, 4.69) is 5.32 Å². The molecule has 0 radical (unpaired) electrons. The van der Waals surface area contributed by atoms with Crippen LogP contribution in [0.15, 0.2) is 45.6 Å². The van der Waals surface area contributed by atoms with Gasteiger partial charge in [0.1, 0.15) is 0 Å². The SMILES string of the molecule is COc1ccc([C@H](C)NC(=O)CCn2c(=O)oc3cc(Cl)ccc32)cc1F. The zero-order valence-electron chi connectivity index (χ0n) is 14.8. The fourth-order valence-corrected chi connectivity index (χ4v) is 2.98. The number of aromatic nitrogens is 1. The van der Waals surface area contributed by atoms with E-state index < -0.39 is 17.6 Å². The van der Waals surface area contributed by atoms with E-state index in [0.717, 1.165) is 0 Å². The van der Waals surface area contributed by atoms with Crippen molar-refractivity contribution in [3.05, 3.63) is 63.4 Å². The molecule has 1 aromatic heterocycles. The first-order valence-corrected chi connectivity index (χ1v) is 8.68. The third-order valence-corrected chi connectivity index (χ3v) is 4.48. The van der Waals surface area contributed by atoms with Crippen molar-refractivity contribution < 1.29 is 18.3 Å². The lowest BCUT2D eigenvalue weighted by Gasteiger charge is -2.15. The number of ether oxygens (including phenoxy) is 1. The summed E-state index contributed by atoms with van der Waals surface area (Å²) in [6, 6.07) is 8.99. The molecule has 2 aromatic carbocycles. The van der Waals surface area contributed by atoms with Crippen molar-refractivity contribution in [2.24, 2.45) is 0 Å². The van der Waals surface area contributed by atoms with Crippen LogP contribution >= 0.6 is 11.6 Å². The van der Waals surface area contributed by atoms with Crippen molar-refractivity contribution in [3.63, 3.8) is 0 Å². The average Bonchev–Trinajstić information content (AvgIpc) is 2.93. The normalized spacial score (nSPS) is 12.1. The van der Waals surface area contributed by atoms with E-state index in [1.54, 1.807) is 31.2 Å². The number of hydrogen-bond acceptors (Lipinski definition) is 4. The molecule has 0 spiro atoms. The molecule has 1 heterocycles. The molecule has 142 valence electrons. The van der Waals surface area contributed by atoms with Crippen LogP contribution in [0.3, 0.4) is 0 Å². The summed E-state index contributed by atoms with van der Waals surface area (Å²) in [5.74, 6) is -1.17. The summed E-state index contributed by atoms with van der Waals surface area (Å²) in [6.07, 6.45) is 0.0696. The Labute approximate surface area is 159 Å². The molecular formula is C19H18ClFN2O4. The number of benzene rings is 2. The van der Waals surface area contributed by atoms with Crippen molar-refractivity contribution >= 4 is 28.6 Å². The second-order valence-corrected chi connectivity index (χ2v) is 6.50. The maximum Gasteiger partial charge on any atom is 0.419 e. The van der Waals surface area contributed by atoms with Crippen LogP contribution in [0.1, 0.15) is 24.9 Å². The van der Waals surface area contributed by atoms with Gasteiger partial charge >= 0.3 is 5.76 Å². The number of halogens is 2. The number of nitrogens with zero attached hydrogens (tertiary/aromatic N) is 1. The van der Waals surface area contributed by atoms with Gasteiger partial charge in [0, 0.05) is 24.1 Å². The summed E-state index contributed by atoms with van der Waals surface area (Å²) in [6.45, 7) is 1.91. The van der Waals surface area contributed by atoms with Crippen molar-refractivity contribution in [2.45, 2.75) is 25.9 Å². The molecule has 0 aliphatic heterocycles. The lowest BCUT2D eigenvalue weighted by atomic mass is 10.1. The number of amides is 1. The minimum absolute atomic E-state index is 0.0696. The van der Waals surface area contributed by atoms with E-state index >= 15 is 0 Å². The Morgan fingerprint density at radius 1 is 1.33 bits per heavy atom. The molecule has 8 heteroatoms. The molecular weight excluding hydrogens is 375 g/mol. The fourth-order valence-electron chi connectivity index (χ4n) is 2.81. The van der Waals surface area contributed by atoms with Gasteiger partial charge in [0.2, 0.25) is 5.91 Å². The number of fused-ring (bicyclic) bond motifs is 1. The summed E-state index contributed by atoms with van der Waals surface area (Å²) >= 11 is 5.88. The van der Waals surface area contributed by atoms with Crippen molar-refractivity contribution in [2.75, 3.05) is 7.11 Å². The molecule has 0 unspecified atom stereocenters. The zero-order valence-corrected chi connectivity index (χ0v) is 15.5. The number of carbonyl (C=O) groups excluding carboxylic acids is 1. The molecule has 0 aliphatic rings. The predicted molar refractivity (Wildman–Crippen MR) is 99.6 cm³/mol. The molecule has 6 nitrogen and oxygen atoms in total. The molecule has 3 aromatic rings. The van der Waals surface area contributed by atoms with Gasteiger partial charge in [0.05, 0.1) is 18.7 Å². The first kappa shape index (κ1) is 19.0.